The Morgan fingerprint density at radius 2 is 1.00 bits per heavy atom. The number of carbonyl (C=O) groups is 2. The van der Waals surface area contributed by atoms with E-state index in [0.29, 0.717) is 12.8 Å². The van der Waals surface area contributed by atoms with Gasteiger partial charge in [0.25, 0.3) is 0 Å². The second-order valence-electron chi connectivity index (χ2n) is 12.2. The Kier molecular flexibility index (Phi) is 31.4. The van der Waals surface area contributed by atoms with Crippen LogP contribution in [0.3, 0.4) is 0 Å². The van der Waals surface area contributed by atoms with Gasteiger partial charge in [0.05, 0.1) is 6.61 Å². The Hall–Kier alpha value is -1.47. The van der Waals surface area contributed by atoms with E-state index >= 15 is 0 Å². The van der Waals surface area contributed by atoms with Gasteiger partial charge in [0.1, 0.15) is 6.61 Å². The average molecular weight is 659 g/mol. The van der Waals surface area contributed by atoms with Crippen molar-refractivity contribution in [3.63, 3.8) is 0 Å². The van der Waals surface area contributed by atoms with Crippen molar-refractivity contribution in [1.82, 2.24) is 0 Å². The fraction of sp³-hybridized carbons (Fsp3) is 0.833. The molecule has 0 rings (SSSR count). The van der Waals surface area contributed by atoms with E-state index in [9.17, 15) is 14.2 Å². The number of allylic oxidation sites excluding steroid dienone is 4. The summed E-state index contributed by atoms with van der Waals surface area (Å²) in [5, 5.41) is 0. The van der Waals surface area contributed by atoms with Gasteiger partial charge in [-0.2, -0.15) is 0 Å². The topological polar surface area (TPSA) is 119 Å². The first-order chi connectivity index (χ1) is 21.8. The zero-order chi connectivity index (χ0) is 33.3. The predicted molar refractivity (Wildman–Crippen MR) is 184 cm³/mol. The lowest BCUT2D eigenvalue weighted by atomic mass is 10.0. The van der Waals surface area contributed by atoms with E-state index in [-0.39, 0.29) is 19.4 Å². The SMILES string of the molecule is CCCCCCCC/C=C/C/C=C/CCCCC(=O)OC[C@H](COP(=O)(O)O)OC(=O)CCCCCCCCCCCCCC. The highest BCUT2D eigenvalue weighted by molar-refractivity contribution is 7.46. The fourth-order valence-corrected chi connectivity index (χ4v) is 5.35. The van der Waals surface area contributed by atoms with Gasteiger partial charge < -0.3 is 19.3 Å². The number of unbranched alkanes of at least 4 members (excludes halogenated alkanes) is 19. The smallest absolute Gasteiger partial charge is 0.462 e. The maximum atomic E-state index is 12.3. The maximum Gasteiger partial charge on any atom is 0.469 e. The van der Waals surface area contributed by atoms with E-state index in [4.69, 9.17) is 19.3 Å². The molecule has 0 unspecified atom stereocenters. The molecule has 45 heavy (non-hydrogen) atoms. The molecule has 0 heterocycles. The van der Waals surface area contributed by atoms with Crippen LogP contribution < -0.4 is 0 Å². The summed E-state index contributed by atoms with van der Waals surface area (Å²) in [4.78, 5) is 42.6. The van der Waals surface area contributed by atoms with Crippen LogP contribution in [0.15, 0.2) is 24.3 Å². The third kappa shape index (κ3) is 35.2. The summed E-state index contributed by atoms with van der Waals surface area (Å²) < 4.78 is 26.2. The molecule has 0 aliphatic heterocycles. The van der Waals surface area contributed by atoms with Crippen molar-refractivity contribution in [3.8, 4) is 0 Å². The van der Waals surface area contributed by atoms with Crippen molar-refractivity contribution in [2.24, 2.45) is 0 Å². The molecule has 0 aliphatic rings. The average Bonchev–Trinajstić information content (AvgIpc) is 3.00. The van der Waals surface area contributed by atoms with Crippen LogP contribution >= 0.6 is 7.82 Å². The number of ether oxygens (including phenoxy) is 2. The number of carbonyl (C=O) groups excluding carboxylic acids is 2. The highest BCUT2D eigenvalue weighted by Gasteiger charge is 2.22. The molecule has 264 valence electrons. The second-order valence-corrected chi connectivity index (χ2v) is 13.4. The van der Waals surface area contributed by atoms with E-state index in [1.165, 1.54) is 89.9 Å². The number of phosphoric acid groups is 1. The van der Waals surface area contributed by atoms with Gasteiger partial charge in [-0.1, -0.05) is 141 Å². The number of hydrogen-bond acceptors (Lipinski definition) is 6. The summed E-state index contributed by atoms with van der Waals surface area (Å²) in [6.45, 7) is 3.63. The fourth-order valence-electron chi connectivity index (χ4n) is 4.99. The minimum atomic E-state index is -4.75. The first kappa shape index (κ1) is 43.5. The van der Waals surface area contributed by atoms with Crippen LogP contribution in [0.1, 0.15) is 174 Å². The number of hydrogen-bond donors (Lipinski definition) is 2. The Morgan fingerprint density at radius 1 is 0.578 bits per heavy atom. The third-order valence-electron chi connectivity index (χ3n) is 7.72. The van der Waals surface area contributed by atoms with Gasteiger partial charge in [-0.25, -0.2) is 4.57 Å². The highest BCUT2D eigenvalue weighted by atomic mass is 31.2. The van der Waals surface area contributed by atoms with Crippen molar-refractivity contribution in [1.29, 1.82) is 0 Å². The van der Waals surface area contributed by atoms with Crippen molar-refractivity contribution >= 4 is 19.8 Å². The molecule has 0 aliphatic carbocycles. The zero-order valence-electron chi connectivity index (χ0n) is 28.8. The first-order valence-corrected chi connectivity index (χ1v) is 19.7. The molecule has 0 amide bonds. The first-order valence-electron chi connectivity index (χ1n) is 18.1. The van der Waals surface area contributed by atoms with Crippen LogP contribution in [-0.2, 0) is 28.2 Å². The molecule has 0 bridgehead atoms. The molecular weight excluding hydrogens is 591 g/mol. The van der Waals surface area contributed by atoms with Gasteiger partial charge in [-0.3, -0.25) is 14.1 Å². The molecule has 0 aromatic heterocycles. The Morgan fingerprint density at radius 3 is 1.51 bits per heavy atom. The lowest BCUT2D eigenvalue weighted by Crippen LogP contribution is -2.29. The van der Waals surface area contributed by atoms with Crippen molar-refractivity contribution < 1.29 is 37.9 Å². The maximum absolute atomic E-state index is 12.3. The van der Waals surface area contributed by atoms with E-state index < -0.39 is 32.5 Å². The van der Waals surface area contributed by atoms with Crippen LogP contribution in [0, 0.1) is 0 Å². The molecule has 0 fully saturated rings. The summed E-state index contributed by atoms with van der Waals surface area (Å²) in [6, 6.07) is 0. The van der Waals surface area contributed by atoms with Gasteiger partial charge in [-0.15, -0.1) is 0 Å². The third-order valence-corrected chi connectivity index (χ3v) is 8.21. The summed E-state index contributed by atoms with van der Waals surface area (Å²) in [7, 11) is -4.75. The van der Waals surface area contributed by atoms with Crippen molar-refractivity contribution in [2.75, 3.05) is 13.2 Å². The van der Waals surface area contributed by atoms with E-state index in [1.54, 1.807) is 0 Å². The van der Waals surface area contributed by atoms with Crippen molar-refractivity contribution in [2.45, 2.75) is 180 Å². The summed E-state index contributed by atoms with van der Waals surface area (Å²) in [5.74, 6) is -0.920. The standard InChI is InChI=1S/C36H67O8P/c1-3-5-7-9-11-13-15-17-18-19-21-22-24-26-28-30-35(37)42-32-34(33-43-45(39,40)41)44-36(38)31-29-27-25-23-20-16-14-12-10-8-6-4-2/h17-18,21-22,34H,3-16,19-20,23-33H2,1-2H3,(H2,39,40,41)/b18-17+,22-21+/t34-/m1/s1. The largest absolute Gasteiger partial charge is 0.469 e. The van der Waals surface area contributed by atoms with Crippen LogP contribution in [-0.4, -0.2) is 41.0 Å². The van der Waals surface area contributed by atoms with Crippen LogP contribution in [0.5, 0.6) is 0 Å². The lowest BCUT2D eigenvalue weighted by Gasteiger charge is -2.18. The van der Waals surface area contributed by atoms with Gasteiger partial charge in [0.15, 0.2) is 6.10 Å². The molecule has 1 atom stereocenters. The monoisotopic (exact) mass is 658 g/mol. The number of rotatable bonds is 33. The van der Waals surface area contributed by atoms with Crippen LogP contribution in [0.2, 0.25) is 0 Å². The Balaban J connectivity index is 4.03. The van der Waals surface area contributed by atoms with E-state index in [1.807, 2.05) is 0 Å². The number of esters is 2. The van der Waals surface area contributed by atoms with Gasteiger partial charge in [0.2, 0.25) is 0 Å². The normalized spacial score (nSPS) is 12.7. The lowest BCUT2D eigenvalue weighted by molar-refractivity contribution is -0.161. The molecule has 8 nitrogen and oxygen atoms in total. The summed E-state index contributed by atoms with van der Waals surface area (Å²) >= 11 is 0. The van der Waals surface area contributed by atoms with E-state index in [0.717, 1.165) is 44.9 Å². The molecule has 2 N–H and O–H groups in total. The summed E-state index contributed by atoms with van der Waals surface area (Å²) in [6.07, 6.45) is 34.7. The summed E-state index contributed by atoms with van der Waals surface area (Å²) in [5.41, 5.74) is 0. The molecule has 0 saturated carbocycles. The Bertz CT molecular complexity index is 792. The van der Waals surface area contributed by atoms with Crippen LogP contribution in [0.25, 0.3) is 0 Å². The predicted octanol–water partition coefficient (Wildman–Crippen LogP) is 10.5. The van der Waals surface area contributed by atoms with Gasteiger partial charge >= 0.3 is 19.8 Å². The molecule has 9 heteroatoms. The molecule has 0 aromatic rings. The van der Waals surface area contributed by atoms with E-state index in [2.05, 4.69) is 42.7 Å². The quantitative estimate of drug-likeness (QED) is 0.0309. The molecule has 0 saturated heterocycles. The van der Waals surface area contributed by atoms with Crippen LogP contribution in [0.4, 0.5) is 0 Å². The minimum absolute atomic E-state index is 0.209. The minimum Gasteiger partial charge on any atom is -0.462 e. The second kappa shape index (κ2) is 32.5. The highest BCUT2D eigenvalue weighted by Crippen LogP contribution is 2.36. The zero-order valence-corrected chi connectivity index (χ0v) is 29.7. The molecule has 0 spiro atoms. The molecule has 0 radical (unpaired) electrons. The van der Waals surface area contributed by atoms with Gasteiger partial charge in [-0.05, 0) is 44.9 Å². The number of phosphoric ester groups is 1. The molecule has 0 aromatic carbocycles. The molecular formula is C36H67O8P. The van der Waals surface area contributed by atoms with Crippen molar-refractivity contribution in [3.05, 3.63) is 24.3 Å². The Labute approximate surface area is 275 Å². The van der Waals surface area contributed by atoms with Gasteiger partial charge in [0, 0.05) is 12.8 Å².